The zero-order valence-electron chi connectivity index (χ0n) is 12.1. The predicted octanol–water partition coefficient (Wildman–Crippen LogP) is 3.44. The van der Waals surface area contributed by atoms with Crippen LogP contribution in [0.25, 0.3) is 0 Å². The van der Waals surface area contributed by atoms with Crippen LogP contribution >= 0.6 is 0 Å². The van der Waals surface area contributed by atoms with Crippen molar-refractivity contribution in [1.82, 2.24) is 4.90 Å². The highest BCUT2D eigenvalue weighted by molar-refractivity contribution is 5.68. The molecule has 0 saturated carbocycles. The maximum atomic E-state index is 9.13. The largest absolute Gasteiger partial charge is 0.350 e. The monoisotopic (exact) mass is 265 g/mol. The zero-order chi connectivity index (χ0) is 14.4. The molecule has 1 aromatic carbocycles. The van der Waals surface area contributed by atoms with E-state index in [2.05, 4.69) is 36.0 Å². The smallest absolute Gasteiger partial charge is 0.106 e. The van der Waals surface area contributed by atoms with Crippen molar-refractivity contribution in [2.45, 2.75) is 32.7 Å². The van der Waals surface area contributed by atoms with Crippen LogP contribution in [-0.2, 0) is 0 Å². The lowest BCUT2D eigenvalue weighted by Gasteiger charge is -2.25. The van der Waals surface area contributed by atoms with Crippen LogP contribution in [0, 0.1) is 25.2 Å². The van der Waals surface area contributed by atoms with Gasteiger partial charge in [0.05, 0.1) is 23.4 Å². The molecular weight excluding hydrogens is 246 g/mol. The number of rotatable bonds is 1. The Kier molecular flexibility index (Phi) is 2.83. The molecule has 1 unspecified atom stereocenters. The van der Waals surface area contributed by atoms with Crippen LogP contribution in [0.1, 0.15) is 29.5 Å². The van der Waals surface area contributed by atoms with Gasteiger partial charge in [0.2, 0.25) is 0 Å². The number of nitriles is 1. The topological polar surface area (TPSA) is 30.3 Å². The Morgan fingerprint density at radius 2 is 2.00 bits per heavy atom. The first kappa shape index (κ1) is 12.8. The Bertz CT molecular complexity index is 629. The Balaban J connectivity index is 2.07. The quantitative estimate of drug-likeness (QED) is 0.779. The Morgan fingerprint density at radius 1 is 1.25 bits per heavy atom. The molecule has 20 heavy (non-hydrogen) atoms. The highest BCUT2D eigenvalue weighted by atomic mass is 15.4. The van der Waals surface area contributed by atoms with E-state index >= 15 is 0 Å². The Labute approximate surface area is 120 Å². The lowest BCUT2D eigenvalue weighted by Crippen LogP contribution is -2.22. The van der Waals surface area contributed by atoms with Gasteiger partial charge in [0.15, 0.2) is 0 Å². The highest BCUT2D eigenvalue weighted by Gasteiger charge is 2.40. The fraction of sp³-hybridized carbons (Fsp3) is 0.353. The fourth-order valence-electron chi connectivity index (χ4n) is 3.33. The van der Waals surface area contributed by atoms with E-state index in [1.807, 2.05) is 19.1 Å². The van der Waals surface area contributed by atoms with Gasteiger partial charge in [-0.1, -0.05) is 13.2 Å². The number of hydrogen-bond donors (Lipinski definition) is 0. The van der Waals surface area contributed by atoms with Crippen LogP contribution in [0.4, 0.5) is 5.69 Å². The summed E-state index contributed by atoms with van der Waals surface area (Å²) in [6, 6.07) is 6.55. The van der Waals surface area contributed by atoms with Gasteiger partial charge >= 0.3 is 0 Å². The van der Waals surface area contributed by atoms with Crippen molar-refractivity contribution in [2.75, 3.05) is 11.4 Å². The van der Waals surface area contributed by atoms with Gasteiger partial charge in [-0.15, -0.1) is 0 Å². The van der Waals surface area contributed by atoms with E-state index in [0.717, 1.165) is 46.9 Å². The third-order valence-corrected chi connectivity index (χ3v) is 4.63. The third kappa shape index (κ3) is 1.58. The Morgan fingerprint density at radius 3 is 2.65 bits per heavy atom. The van der Waals surface area contributed by atoms with Gasteiger partial charge in [0.1, 0.15) is 5.82 Å². The highest BCUT2D eigenvalue weighted by Crippen LogP contribution is 2.42. The van der Waals surface area contributed by atoms with E-state index in [9.17, 15) is 0 Å². The number of hydrogen-bond acceptors (Lipinski definition) is 3. The average molecular weight is 265 g/mol. The first-order chi connectivity index (χ1) is 9.56. The summed E-state index contributed by atoms with van der Waals surface area (Å²) in [5.41, 5.74) is 5.12. The van der Waals surface area contributed by atoms with Gasteiger partial charge < -0.3 is 4.90 Å². The average Bonchev–Trinajstić information content (AvgIpc) is 3.00. The molecule has 102 valence electrons. The molecule has 1 aromatic rings. The first-order valence-electron chi connectivity index (χ1n) is 7.01. The molecule has 3 rings (SSSR count). The second kappa shape index (κ2) is 4.42. The van der Waals surface area contributed by atoms with Crippen LogP contribution in [0.2, 0.25) is 0 Å². The fourth-order valence-corrected chi connectivity index (χ4v) is 3.33. The predicted molar refractivity (Wildman–Crippen MR) is 81.1 cm³/mol. The van der Waals surface area contributed by atoms with Crippen LogP contribution in [0.3, 0.4) is 0 Å². The molecule has 0 aliphatic carbocycles. The zero-order valence-corrected chi connectivity index (χ0v) is 12.1. The first-order valence-corrected chi connectivity index (χ1v) is 7.01. The number of anilines is 1. The van der Waals surface area contributed by atoms with Crippen molar-refractivity contribution < 1.29 is 0 Å². The molecular formula is C17H19N3. The van der Waals surface area contributed by atoms with Crippen molar-refractivity contribution in [3.05, 3.63) is 53.5 Å². The molecule has 2 heterocycles. The maximum Gasteiger partial charge on any atom is 0.106 e. The van der Waals surface area contributed by atoms with E-state index in [0.29, 0.717) is 6.04 Å². The van der Waals surface area contributed by atoms with E-state index in [-0.39, 0.29) is 0 Å². The van der Waals surface area contributed by atoms with Gasteiger partial charge in [-0.2, -0.15) is 5.26 Å². The number of fused-ring (bicyclic) bond motifs is 1. The van der Waals surface area contributed by atoms with Gasteiger partial charge in [-0.25, -0.2) is 0 Å². The second-order valence-corrected chi connectivity index (χ2v) is 5.59. The number of benzene rings is 1. The molecule has 0 aromatic heterocycles. The molecule has 0 N–H and O–H groups in total. The summed E-state index contributed by atoms with van der Waals surface area (Å²) in [7, 11) is 0. The van der Waals surface area contributed by atoms with Gasteiger partial charge in [-0.05, 0) is 49.9 Å². The molecule has 0 amide bonds. The summed E-state index contributed by atoms with van der Waals surface area (Å²) in [5.74, 6) is 1.02. The van der Waals surface area contributed by atoms with Crippen molar-refractivity contribution in [1.29, 1.82) is 5.26 Å². The molecule has 2 aliphatic heterocycles. The van der Waals surface area contributed by atoms with Crippen molar-refractivity contribution in [3.63, 3.8) is 0 Å². The SMILES string of the molecule is C=C1C2CCCN2C(=C)N1c1ccc(C#N)c(C)c1C. The second-order valence-electron chi connectivity index (χ2n) is 5.59. The van der Waals surface area contributed by atoms with Gasteiger partial charge in [0.25, 0.3) is 0 Å². The molecule has 0 radical (unpaired) electrons. The molecule has 2 aliphatic rings. The summed E-state index contributed by atoms with van der Waals surface area (Å²) in [5, 5.41) is 9.13. The molecule has 1 atom stereocenters. The maximum absolute atomic E-state index is 9.13. The minimum atomic E-state index is 0.401. The van der Waals surface area contributed by atoms with Crippen LogP contribution in [0.5, 0.6) is 0 Å². The number of nitrogens with zero attached hydrogens (tertiary/aromatic N) is 3. The summed E-state index contributed by atoms with van der Waals surface area (Å²) in [6.45, 7) is 13.6. The van der Waals surface area contributed by atoms with Crippen LogP contribution < -0.4 is 4.90 Å². The molecule has 2 saturated heterocycles. The molecule has 0 bridgehead atoms. The lowest BCUT2D eigenvalue weighted by molar-refractivity contribution is 0.397. The van der Waals surface area contributed by atoms with Crippen molar-refractivity contribution in [3.8, 4) is 6.07 Å². The van der Waals surface area contributed by atoms with Gasteiger partial charge in [0, 0.05) is 12.2 Å². The Hall–Kier alpha value is -2.21. The van der Waals surface area contributed by atoms with E-state index in [4.69, 9.17) is 5.26 Å². The van der Waals surface area contributed by atoms with E-state index in [1.165, 1.54) is 6.42 Å². The van der Waals surface area contributed by atoms with Gasteiger partial charge in [-0.3, -0.25) is 4.90 Å². The minimum absolute atomic E-state index is 0.401. The minimum Gasteiger partial charge on any atom is -0.350 e. The molecule has 3 heteroatoms. The van der Waals surface area contributed by atoms with Crippen LogP contribution in [-0.4, -0.2) is 17.5 Å². The van der Waals surface area contributed by atoms with E-state index < -0.39 is 0 Å². The normalized spacial score (nSPS) is 21.4. The summed E-state index contributed by atoms with van der Waals surface area (Å²) < 4.78 is 0. The lowest BCUT2D eigenvalue weighted by atomic mass is 10.0. The standard InChI is InChI=1S/C17H19N3/c1-11-12(2)16(8-7-15(11)10-18)20-13(3)17-6-5-9-19(17)14(20)4/h7-8,17H,3-6,9H2,1-2H3. The van der Waals surface area contributed by atoms with E-state index in [1.54, 1.807) is 0 Å². The molecule has 0 spiro atoms. The van der Waals surface area contributed by atoms with Crippen molar-refractivity contribution >= 4 is 5.69 Å². The third-order valence-electron chi connectivity index (χ3n) is 4.63. The molecule has 2 fully saturated rings. The molecule has 3 nitrogen and oxygen atoms in total. The summed E-state index contributed by atoms with van der Waals surface area (Å²) in [4.78, 5) is 4.50. The summed E-state index contributed by atoms with van der Waals surface area (Å²) >= 11 is 0. The van der Waals surface area contributed by atoms with Crippen LogP contribution in [0.15, 0.2) is 36.8 Å². The summed E-state index contributed by atoms with van der Waals surface area (Å²) in [6.07, 6.45) is 2.37. The van der Waals surface area contributed by atoms with Crippen molar-refractivity contribution in [2.24, 2.45) is 0 Å².